The van der Waals surface area contributed by atoms with Gasteiger partial charge in [0.15, 0.2) is 5.78 Å². The first-order valence-corrected chi connectivity index (χ1v) is 11.4. The predicted molar refractivity (Wildman–Crippen MR) is 115 cm³/mol. The van der Waals surface area contributed by atoms with E-state index in [1.54, 1.807) is 18.2 Å². The highest BCUT2D eigenvalue weighted by Crippen LogP contribution is 2.50. The van der Waals surface area contributed by atoms with Crippen LogP contribution in [0.4, 0.5) is 0 Å². The molecule has 6 heteroatoms. The number of ketones is 1. The molecule has 0 saturated carbocycles. The molecule has 0 spiro atoms. The molecule has 1 atom stereocenters. The van der Waals surface area contributed by atoms with Crippen molar-refractivity contribution >= 4 is 15.6 Å². The zero-order chi connectivity index (χ0) is 21.7. The molecule has 156 valence electrons. The molecular formula is C24H25NO4S. The maximum absolute atomic E-state index is 13.6. The number of aryl methyl sites for hydroxylation is 1. The Morgan fingerprint density at radius 1 is 1.00 bits per heavy atom. The zero-order valence-corrected chi connectivity index (χ0v) is 18.1. The Hall–Kier alpha value is -2.86. The van der Waals surface area contributed by atoms with E-state index in [0.717, 1.165) is 5.56 Å². The molecule has 0 saturated heterocycles. The molecule has 0 fully saturated rings. The lowest BCUT2D eigenvalue weighted by molar-refractivity contribution is -0.119. The number of sulfone groups is 1. The number of rotatable bonds is 3. The van der Waals surface area contributed by atoms with Gasteiger partial charge in [-0.15, -0.1) is 0 Å². The monoisotopic (exact) mass is 423 g/mol. The molecule has 5 nitrogen and oxygen atoms in total. The summed E-state index contributed by atoms with van der Waals surface area (Å²) in [4.78, 5) is 13.3. The van der Waals surface area contributed by atoms with Crippen molar-refractivity contribution in [3.63, 3.8) is 0 Å². The molecule has 1 aliphatic carbocycles. The number of hydrogen-bond acceptors (Lipinski definition) is 5. The smallest absolute Gasteiger partial charge is 0.208 e. The molecule has 1 aliphatic heterocycles. The summed E-state index contributed by atoms with van der Waals surface area (Å²) < 4.78 is 33.0. The molecule has 0 bridgehead atoms. The average molecular weight is 424 g/mol. The van der Waals surface area contributed by atoms with Crippen molar-refractivity contribution in [1.82, 2.24) is 0 Å². The Bertz CT molecular complexity index is 1170. The molecule has 0 radical (unpaired) electrons. The van der Waals surface area contributed by atoms with Crippen molar-refractivity contribution in [2.45, 2.75) is 44.4 Å². The van der Waals surface area contributed by atoms with Crippen LogP contribution in [-0.2, 0) is 19.4 Å². The molecule has 1 unspecified atom stereocenters. The summed E-state index contributed by atoms with van der Waals surface area (Å²) in [6.07, 6.45) is 0.853. The number of nitrogens with two attached hydrogens (primary N) is 1. The zero-order valence-electron chi connectivity index (χ0n) is 17.3. The van der Waals surface area contributed by atoms with Gasteiger partial charge in [-0.05, 0) is 30.0 Å². The van der Waals surface area contributed by atoms with Crippen LogP contribution in [0.25, 0.3) is 0 Å². The fraction of sp³-hybridized carbons (Fsp3) is 0.292. The summed E-state index contributed by atoms with van der Waals surface area (Å²) in [5.74, 6) is -0.566. The fourth-order valence-electron chi connectivity index (χ4n) is 4.24. The van der Waals surface area contributed by atoms with Gasteiger partial charge in [-0.25, -0.2) is 8.42 Å². The van der Waals surface area contributed by atoms with E-state index in [0.29, 0.717) is 29.7 Å². The van der Waals surface area contributed by atoms with E-state index >= 15 is 0 Å². The molecule has 0 aromatic heterocycles. The van der Waals surface area contributed by atoms with Gasteiger partial charge in [0.05, 0.1) is 10.8 Å². The highest BCUT2D eigenvalue weighted by Gasteiger charge is 2.46. The second kappa shape index (κ2) is 7.13. The number of hydrogen-bond donors (Lipinski definition) is 1. The van der Waals surface area contributed by atoms with Gasteiger partial charge < -0.3 is 10.5 Å². The van der Waals surface area contributed by atoms with Crippen LogP contribution in [0.1, 0.15) is 43.7 Å². The first-order chi connectivity index (χ1) is 14.1. The molecule has 4 rings (SSSR count). The number of benzene rings is 2. The summed E-state index contributed by atoms with van der Waals surface area (Å²) in [6, 6.07) is 15.7. The van der Waals surface area contributed by atoms with E-state index in [9.17, 15) is 13.2 Å². The van der Waals surface area contributed by atoms with Gasteiger partial charge in [-0.1, -0.05) is 61.9 Å². The number of allylic oxidation sites excluding steroid dienone is 3. The third kappa shape index (κ3) is 3.45. The Labute approximate surface area is 177 Å². The average Bonchev–Trinajstić information content (AvgIpc) is 2.67. The Morgan fingerprint density at radius 2 is 1.63 bits per heavy atom. The minimum Gasteiger partial charge on any atom is -0.444 e. The quantitative estimate of drug-likeness (QED) is 0.793. The number of ether oxygens (including phenoxy) is 1. The lowest BCUT2D eigenvalue weighted by atomic mass is 9.72. The molecule has 1 heterocycles. The SMILES string of the molecule is Cc1ccc(C2C3=C(CC(C)(C)CC3=O)OC(N)=C2S(=O)(=O)c2ccccc2)cc1. The van der Waals surface area contributed by atoms with E-state index in [4.69, 9.17) is 10.5 Å². The van der Waals surface area contributed by atoms with Crippen molar-refractivity contribution in [2.24, 2.45) is 11.1 Å². The Morgan fingerprint density at radius 3 is 2.27 bits per heavy atom. The second-order valence-electron chi connectivity index (χ2n) is 8.77. The Kier molecular flexibility index (Phi) is 4.85. The van der Waals surface area contributed by atoms with E-state index in [1.165, 1.54) is 12.1 Å². The first-order valence-electron chi connectivity index (χ1n) is 9.90. The van der Waals surface area contributed by atoms with Crippen molar-refractivity contribution in [3.05, 3.63) is 87.8 Å². The summed E-state index contributed by atoms with van der Waals surface area (Å²) in [7, 11) is -3.98. The van der Waals surface area contributed by atoms with E-state index in [-0.39, 0.29) is 26.9 Å². The molecule has 2 aromatic rings. The van der Waals surface area contributed by atoms with Crippen molar-refractivity contribution in [3.8, 4) is 0 Å². The topological polar surface area (TPSA) is 86.5 Å². The third-order valence-corrected chi connectivity index (χ3v) is 7.57. The van der Waals surface area contributed by atoms with Gasteiger partial charge >= 0.3 is 0 Å². The summed E-state index contributed by atoms with van der Waals surface area (Å²) in [5.41, 5.74) is 8.12. The maximum atomic E-state index is 13.6. The highest BCUT2D eigenvalue weighted by atomic mass is 32.2. The standard InChI is InChI=1S/C24H25NO4S/c1-15-9-11-16(12-10-15)20-21-18(26)13-24(2,3)14-19(21)29-23(25)22(20)30(27,28)17-7-5-4-6-8-17/h4-12,20H,13-14,25H2,1-3H3. The minimum absolute atomic E-state index is 0.0654. The second-order valence-corrected chi connectivity index (χ2v) is 10.7. The van der Waals surface area contributed by atoms with Crippen molar-refractivity contribution < 1.29 is 17.9 Å². The van der Waals surface area contributed by atoms with Crippen LogP contribution in [0.5, 0.6) is 0 Å². The van der Waals surface area contributed by atoms with Crippen LogP contribution >= 0.6 is 0 Å². The van der Waals surface area contributed by atoms with E-state index in [2.05, 4.69) is 0 Å². The Balaban J connectivity index is 1.96. The minimum atomic E-state index is -3.98. The molecule has 30 heavy (non-hydrogen) atoms. The van der Waals surface area contributed by atoms with Crippen LogP contribution in [0.15, 0.2) is 81.6 Å². The molecule has 0 amide bonds. The van der Waals surface area contributed by atoms with Crippen LogP contribution in [0.2, 0.25) is 0 Å². The van der Waals surface area contributed by atoms with E-state index in [1.807, 2.05) is 45.0 Å². The van der Waals surface area contributed by atoms with Crippen molar-refractivity contribution in [1.29, 1.82) is 0 Å². The van der Waals surface area contributed by atoms with Gasteiger partial charge in [0.1, 0.15) is 10.7 Å². The number of carbonyl (C=O) groups is 1. The summed E-state index contributed by atoms with van der Waals surface area (Å²) >= 11 is 0. The molecular weight excluding hydrogens is 398 g/mol. The number of Topliss-reactive ketones (excluding diaryl/α,β-unsaturated/α-hetero) is 1. The number of carbonyl (C=O) groups excluding carboxylic acids is 1. The first kappa shape index (κ1) is 20.4. The van der Waals surface area contributed by atoms with Crippen molar-refractivity contribution in [2.75, 3.05) is 0 Å². The van der Waals surface area contributed by atoms with Gasteiger partial charge in [0, 0.05) is 18.4 Å². The van der Waals surface area contributed by atoms with Crippen LogP contribution in [0, 0.1) is 12.3 Å². The lowest BCUT2D eigenvalue weighted by Gasteiger charge is -2.38. The largest absolute Gasteiger partial charge is 0.444 e. The van der Waals surface area contributed by atoms with Crippen LogP contribution < -0.4 is 5.73 Å². The van der Waals surface area contributed by atoms with Gasteiger partial charge in [0.2, 0.25) is 15.7 Å². The van der Waals surface area contributed by atoms with Crippen LogP contribution in [-0.4, -0.2) is 14.2 Å². The molecule has 2 aromatic carbocycles. The highest BCUT2D eigenvalue weighted by molar-refractivity contribution is 7.95. The van der Waals surface area contributed by atoms with Gasteiger partial charge in [-0.3, -0.25) is 4.79 Å². The van der Waals surface area contributed by atoms with Gasteiger partial charge in [-0.2, -0.15) is 0 Å². The summed E-state index contributed by atoms with van der Waals surface area (Å²) in [5, 5.41) is 0. The molecule has 2 N–H and O–H groups in total. The maximum Gasteiger partial charge on any atom is 0.208 e. The fourth-order valence-corrected chi connectivity index (χ4v) is 5.88. The normalized spacial score (nSPS) is 21.3. The summed E-state index contributed by atoms with van der Waals surface area (Å²) in [6.45, 7) is 5.95. The van der Waals surface area contributed by atoms with Gasteiger partial charge in [0.25, 0.3) is 0 Å². The van der Waals surface area contributed by atoms with E-state index < -0.39 is 15.8 Å². The third-order valence-electron chi connectivity index (χ3n) is 5.66. The van der Waals surface area contributed by atoms with Crippen LogP contribution in [0.3, 0.4) is 0 Å². The molecule has 2 aliphatic rings. The predicted octanol–water partition coefficient (Wildman–Crippen LogP) is 4.35. The lowest BCUT2D eigenvalue weighted by Crippen LogP contribution is -2.35.